The van der Waals surface area contributed by atoms with Crippen LogP contribution < -0.4 is 9.80 Å². The number of anilines is 2. The van der Waals surface area contributed by atoms with Crippen LogP contribution in [0.1, 0.15) is 0 Å². The summed E-state index contributed by atoms with van der Waals surface area (Å²) in [4.78, 5) is 13.3. The maximum atomic E-state index is 4.45. The van der Waals surface area contributed by atoms with Crippen LogP contribution in [0.2, 0.25) is 0 Å². The summed E-state index contributed by atoms with van der Waals surface area (Å²) < 4.78 is 2.02. The van der Waals surface area contributed by atoms with Crippen LogP contribution in [0.15, 0.2) is 37.1 Å². The molecule has 0 aromatic carbocycles. The largest absolute Gasteiger partial charge is 0.354 e. The predicted molar refractivity (Wildman–Crippen MR) is 89.1 cm³/mol. The van der Waals surface area contributed by atoms with Gasteiger partial charge in [0.15, 0.2) is 11.3 Å². The van der Waals surface area contributed by atoms with Crippen molar-refractivity contribution in [2.75, 3.05) is 36.0 Å². The molecule has 1 fully saturated rings. The van der Waals surface area contributed by atoms with Crippen LogP contribution in [-0.2, 0) is 0 Å². The molecule has 0 unspecified atom stereocenters. The fourth-order valence-electron chi connectivity index (χ4n) is 3.24. The Labute approximate surface area is 137 Å². The summed E-state index contributed by atoms with van der Waals surface area (Å²) in [6.45, 7) is 3.58. The number of piperazine rings is 1. The minimum Gasteiger partial charge on any atom is -0.354 e. The van der Waals surface area contributed by atoms with E-state index in [0.717, 1.165) is 54.5 Å². The molecule has 1 N–H and O–H groups in total. The number of hydrogen-bond acceptors (Lipinski definition) is 7. The average molecular weight is 321 g/mol. The van der Waals surface area contributed by atoms with Gasteiger partial charge in [0.2, 0.25) is 0 Å². The molecule has 4 aromatic rings. The van der Waals surface area contributed by atoms with Gasteiger partial charge in [0.1, 0.15) is 24.3 Å². The van der Waals surface area contributed by atoms with Gasteiger partial charge < -0.3 is 9.80 Å². The Kier molecular flexibility index (Phi) is 2.84. The number of nitrogens with zero attached hydrogens (tertiary/aromatic N) is 8. The second-order valence-electron chi connectivity index (χ2n) is 5.75. The zero-order valence-electron chi connectivity index (χ0n) is 12.9. The third kappa shape index (κ3) is 1.98. The van der Waals surface area contributed by atoms with Crippen molar-refractivity contribution in [3.8, 4) is 0 Å². The molecule has 9 heteroatoms. The lowest BCUT2D eigenvalue weighted by molar-refractivity contribution is 0.640. The lowest BCUT2D eigenvalue weighted by Gasteiger charge is -2.36. The molecule has 0 spiro atoms. The quantitative estimate of drug-likeness (QED) is 0.582. The molecule has 1 aliphatic rings. The van der Waals surface area contributed by atoms with Crippen molar-refractivity contribution in [3.63, 3.8) is 0 Å². The number of fused-ring (bicyclic) bond motifs is 2. The zero-order chi connectivity index (χ0) is 15.9. The molecule has 120 valence electrons. The van der Waals surface area contributed by atoms with E-state index >= 15 is 0 Å². The first-order chi connectivity index (χ1) is 11.9. The molecule has 1 aliphatic heterocycles. The number of H-pyrrole nitrogens is 1. The second-order valence-corrected chi connectivity index (χ2v) is 5.75. The highest BCUT2D eigenvalue weighted by molar-refractivity contribution is 5.86. The fourth-order valence-corrected chi connectivity index (χ4v) is 3.24. The van der Waals surface area contributed by atoms with Crippen LogP contribution in [0.4, 0.5) is 11.6 Å². The van der Waals surface area contributed by atoms with Crippen LogP contribution in [0.3, 0.4) is 0 Å². The van der Waals surface area contributed by atoms with Crippen molar-refractivity contribution >= 4 is 28.3 Å². The zero-order valence-corrected chi connectivity index (χ0v) is 12.9. The van der Waals surface area contributed by atoms with Gasteiger partial charge in [-0.1, -0.05) is 6.07 Å². The van der Waals surface area contributed by atoms with E-state index in [9.17, 15) is 0 Å². The van der Waals surface area contributed by atoms with E-state index in [2.05, 4.69) is 46.2 Å². The van der Waals surface area contributed by atoms with Crippen molar-refractivity contribution in [1.82, 2.24) is 34.8 Å². The number of aromatic amines is 1. The second kappa shape index (κ2) is 5.15. The molecule has 5 rings (SSSR count). The van der Waals surface area contributed by atoms with E-state index < -0.39 is 0 Å². The van der Waals surface area contributed by atoms with Crippen LogP contribution >= 0.6 is 0 Å². The van der Waals surface area contributed by atoms with Crippen LogP contribution in [0, 0.1) is 0 Å². The summed E-state index contributed by atoms with van der Waals surface area (Å²) >= 11 is 0. The maximum absolute atomic E-state index is 4.45. The van der Waals surface area contributed by atoms with Gasteiger partial charge in [0.05, 0.1) is 11.6 Å². The van der Waals surface area contributed by atoms with Crippen LogP contribution in [0.5, 0.6) is 0 Å². The molecule has 0 atom stereocenters. The summed E-state index contributed by atoms with van der Waals surface area (Å²) in [5, 5.41) is 16.0. The maximum Gasteiger partial charge on any atom is 0.162 e. The molecule has 9 nitrogen and oxygen atoms in total. The first-order valence-corrected chi connectivity index (χ1v) is 7.83. The predicted octanol–water partition coefficient (Wildman–Crippen LogP) is 0.722. The Hall–Kier alpha value is -3.23. The van der Waals surface area contributed by atoms with Gasteiger partial charge in [-0.25, -0.2) is 9.97 Å². The Morgan fingerprint density at radius 3 is 2.79 bits per heavy atom. The molecule has 0 radical (unpaired) electrons. The van der Waals surface area contributed by atoms with E-state index in [4.69, 9.17) is 0 Å². The Morgan fingerprint density at radius 1 is 1.00 bits per heavy atom. The summed E-state index contributed by atoms with van der Waals surface area (Å²) in [5.74, 6) is 2.06. The highest BCUT2D eigenvalue weighted by Gasteiger charge is 2.22. The summed E-state index contributed by atoms with van der Waals surface area (Å²) in [5.41, 5.74) is 1.64. The molecule has 24 heavy (non-hydrogen) atoms. The van der Waals surface area contributed by atoms with Gasteiger partial charge >= 0.3 is 0 Å². The molecule has 4 aromatic heterocycles. The number of hydrogen-bond donors (Lipinski definition) is 1. The lowest BCUT2D eigenvalue weighted by Crippen LogP contribution is -2.47. The highest BCUT2D eigenvalue weighted by Crippen LogP contribution is 2.24. The standard InChI is InChI=1S/C15H15N9/c1-2-12-20-19-10-24(12)13(3-1)22-4-6-23(7-5-22)15-11-8-18-21-14(11)16-9-17-15/h1-3,8-10H,4-7H2,(H,16,17,18,21). The number of aromatic nitrogens is 7. The van der Waals surface area contributed by atoms with Gasteiger partial charge in [0, 0.05) is 26.2 Å². The van der Waals surface area contributed by atoms with Crippen molar-refractivity contribution in [2.45, 2.75) is 0 Å². The Balaban J connectivity index is 1.41. The van der Waals surface area contributed by atoms with Crippen molar-refractivity contribution in [3.05, 3.63) is 37.1 Å². The molecule has 0 amide bonds. The third-order valence-electron chi connectivity index (χ3n) is 4.44. The monoisotopic (exact) mass is 321 g/mol. The minimum absolute atomic E-state index is 0.775. The normalized spacial score (nSPS) is 15.5. The van der Waals surface area contributed by atoms with E-state index in [-0.39, 0.29) is 0 Å². The highest BCUT2D eigenvalue weighted by atomic mass is 15.3. The first kappa shape index (κ1) is 13.2. The fraction of sp³-hybridized carbons (Fsp3) is 0.267. The van der Waals surface area contributed by atoms with Gasteiger partial charge in [-0.3, -0.25) is 9.50 Å². The molecule has 0 bridgehead atoms. The smallest absolute Gasteiger partial charge is 0.162 e. The Morgan fingerprint density at radius 2 is 1.88 bits per heavy atom. The van der Waals surface area contributed by atoms with Gasteiger partial charge in [-0.2, -0.15) is 5.10 Å². The summed E-state index contributed by atoms with van der Waals surface area (Å²) in [6.07, 6.45) is 5.13. The van der Waals surface area contributed by atoms with Crippen molar-refractivity contribution in [2.24, 2.45) is 0 Å². The molecular weight excluding hydrogens is 306 g/mol. The molecule has 0 aliphatic carbocycles. The van der Waals surface area contributed by atoms with Gasteiger partial charge in [-0.15, -0.1) is 10.2 Å². The van der Waals surface area contributed by atoms with Crippen LogP contribution in [0.25, 0.3) is 16.7 Å². The van der Waals surface area contributed by atoms with Crippen molar-refractivity contribution in [1.29, 1.82) is 0 Å². The molecule has 5 heterocycles. The molecular formula is C15H15N9. The third-order valence-corrected chi connectivity index (χ3v) is 4.44. The average Bonchev–Trinajstić information content (AvgIpc) is 3.30. The Bertz CT molecular complexity index is 914. The molecule has 0 saturated carbocycles. The SMILES string of the molecule is c1cc(N2CCN(c3ncnc4[nH]ncc34)CC2)n2cnnc2c1. The number of rotatable bonds is 2. The van der Waals surface area contributed by atoms with Crippen molar-refractivity contribution < 1.29 is 0 Å². The topological polar surface area (TPSA) is 91.1 Å². The molecule has 1 saturated heterocycles. The summed E-state index contributed by atoms with van der Waals surface area (Å²) in [6, 6.07) is 6.08. The van der Waals surface area contributed by atoms with Gasteiger partial charge in [0.25, 0.3) is 0 Å². The minimum atomic E-state index is 0.775. The first-order valence-electron chi connectivity index (χ1n) is 7.83. The van der Waals surface area contributed by atoms with E-state index in [1.54, 1.807) is 18.9 Å². The van der Waals surface area contributed by atoms with Crippen LogP contribution in [-0.4, -0.2) is 60.9 Å². The van der Waals surface area contributed by atoms with E-state index in [0.29, 0.717) is 0 Å². The van der Waals surface area contributed by atoms with E-state index in [1.165, 1.54) is 0 Å². The lowest BCUT2D eigenvalue weighted by atomic mass is 10.2. The number of pyridine rings is 1. The number of nitrogens with one attached hydrogen (secondary N) is 1. The van der Waals surface area contributed by atoms with Gasteiger partial charge in [-0.05, 0) is 12.1 Å². The summed E-state index contributed by atoms with van der Waals surface area (Å²) in [7, 11) is 0. The van der Waals surface area contributed by atoms with E-state index in [1.807, 2.05) is 16.5 Å².